The van der Waals surface area contributed by atoms with Crippen molar-refractivity contribution in [2.45, 2.75) is 89.6 Å². The summed E-state index contributed by atoms with van der Waals surface area (Å²) in [4.78, 5) is 13.4. The molecule has 3 aromatic carbocycles. The normalized spacial score (nSPS) is 15.5. The second-order valence-corrected chi connectivity index (χ2v) is 19.1. The maximum absolute atomic E-state index is 8.06. The van der Waals surface area contributed by atoms with E-state index in [-0.39, 0.29) is 22.3 Å². The summed E-state index contributed by atoms with van der Waals surface area (Å²) in [6.45, 7) is 3.70. The third-order valence-electron chi connectivity index (χ3n) is 13.6. The molecule has 73 heavy (non-hydrogen) atoms. The Morgan fingerprint density at radius 3 is 1.26 bits per heavy atom. The third kappa shape index (κ3) is 8.60. The number of furan rings is 3. The number of hydrogen-bond donors (Lipinski definition) is 0. The van der Waals surface area contributed by atoms with Crippen LogP contribution in [0.3, 0.4) is 0 Å². The lowest BCUT2D eigenvalue weighted by molar-refractivity contribution is -0.660. The van der Waals surface area contributed by atoms with E-state index < -0.39 is 34.3 Å². The number of nitrogens with zero attached hydrogens (tertiary/aromatic N) is 6. The molecule has 12 rings (SSSR count). The highest BCUT2D eigenvalue weighted by molar-refractivity contribution is 6.12. The Bertz CT molecular complexity index is 4810. The molecule has 9 nitrogen and oxygen atoms in total. The van der Waals surface area contributed by atoms with E-state index in [0.717, 1.165) is 83.9 Å². The standard InChI is InChI=1S/C22H23N2O.2C21H21N2O/c1-12-10-18(24(6)11-15(12)4)20-14(3)9-13(2)19-17-8-7-16(5)23-22(17)25-21(19)20;1-12-6-9-17(23(5)11-12)19-14(3)10-13(2)18-16-8-7-15(4)22-21(16)24-20(18)19;1-12-6-8-16-17-9-7-15(4)22-21(17)24-20(16)19(12)18-10-13(2)14(3)11-23(18)5/h7-11H,1-6H3;2*6-11H,1-5H3/q3*+1/i2D3,4D3;1D3,2D3;3D3. The molecule has 366 valence electrons. The Morgan fingerprint density at radius 1 is 0.356 bits per heavy atom. The van der Waals surface area contributed by atoms with Crippen LogP contribution in [0.4, 0.5) is 0 Å². The summed E-state index contributed by atoms with van der Waals surface area (Å²) in [5.41, 5.74) is 15.4. The Kier molecular flexibility index (Phi) is 8.53. The van der Waals surface area contributed by atoms with Crippen LogP contribution >= 0.6 is 0 Å². The minimum absolute atomic E-state index is 0.213. The van der Waals surface area contributed by atoms with Gasteiger partial charge in [0, 0.05) is 105 Å². The first-order valence-corrected chi connectivity index (χ1v) is 23.8. The Labute approximate surface area is 448 Å². The molecule has 0 aliphatic carbocycles. The van der Waals surface area contributed by atoms with Crippen molar-refractivity contribution in [1.29, 1.82) is 0 Å². The van der Waals surface area contributed by atoms with Crippen molar-refractivity contribution in [2.75, 3.05) is 0 Å². The third-order valence-corrected chi connectivity index (χ3v) is 13.6. The average Bonchev–Trinajstić information content (AvgIpc) is 1.54. The van der Waals surface area contributed by atoms with Gasteiger partial charge in [0.05, 0.1) is 16.7 Å². The lowest BCUT2D eigenvalue weighted by Gasteiger charge is -2.09. The van der Waals surface area contributed by atoms with Gasteiger partial charge in [0.2, 0.25) is 34.2 Å². The summed E-state index contributed by atoms with van der Waals surface area (Å²) < 4.78 is 141. The van der Waals surface area contributed by atoms with E-state index in [1.165, 1.54) is 0 Å². The molecule has 0 saturated heterocycles. The summed E-state index contributed by atoms with van der Waals surface area (Å²) in [6.07, 6.45) is 4.86. The van der Waals surface area contributed by atoms with Gasteiger partial charge in [0.15, 0.2) is 35.3 Å². The topological polar surface area (TPSA) is 89.7 Å². The molecule has 0 amide bonds. The van der Waals surface area contributed by atoms with Crippen LogP contribution in [0.1, 0.15) is 93.3 Å². The molecule has 0 N–H and O–H groups in total. The maximum atomic E-state index is 8.06. The molecule has 0 aliphatic rings. The van der Waals surface area contributed by atoms with E-state index in [0.29, 0.717) is 66.5 Å². The van der Waals surface area contributed by atoms with Crippen molar-refractivity contribution in [1.82, 2.24) is 15.0 Å². The molecule has 0 spiro atoms. The fraction of sp³-hybridized carbons (Fsp3) is 0.250. The molecular weight excluding hydrogens is 901 g/mol. The van der Waals surface area contributed by atoms with E-state index in [9.17, 15) is 0 Å². The van der Waals surface area contributed by atoms with Gasteiger partial charge in [-0.2, -0.15) is 0 Å². The summed E-state index contributed by atoms with van der Waals surface area (Å²) >= 11 is 0. The molecule has 9 heteroatoms. The number of benzene rings is 3. The monoisotopic (exact) mass is 981 g/mol. The number of fused-ring (bicyclic) bond motifs is 9. The zero-order chi connectivity index (χ0) is 64.4. The molecule has 9 aromatic heterocycles. The molecule has 12 aromatic rings. The fourth-order valence-electron chi connectivity index (χ4n) is 9.84. The van der Waals surface area contributed by atoms with E-state index in [1.807, 2.05) is 109 Å². The lowest BCUT2D eigenvalue weighted by Crippen LogP contribution is -2.31. The van der Waals surface area contributed by atoms with Crippen LogP contribution in [-0.4, -0.2) is 15.0 Å². The van der Waals surface area contributed by atoms with Crippen molar-refractivity contribution in [3.8, 4) is 33.8 Å². The molecule has 0 bridgehead atoms. The lowest BCUT2D eigenvalue weighted by atomic mass is 9.96. The molecule has 0 saturated carbocycles. The minimum atomic E-state index is -2.33. The first-order chi connectivity index (χ1) is 40.8. The molecule has 0 unspecified atom stereocenters. The van der Waals surface area contributed by atoms with Gasteiger partial charge in [0.25, 0.3) is 0 Å². The van der Waals surface area contributed by atoms with Gasteiger partial charge < -0.3 is 13.3 Å². The van der Waals surface area contributed by atoms with E-state index >= 15 is 0 Å². The number of aryl methyl sites for hydroxylation is 16. The van der Waals surface area contributed by atoms with Crippen molar-refractivity contribution < 1.29 is 47.5 Å². The van der Waals surface area contributed by atoms with Crippen molar-refractivity contribution in [2.24, 2.45) is 21.1 Å². The second-order valence-electron chi connectivity index (χ2n) is 19.1. The minimum Gasteiger partial charge on any atom is -0.437 e. The SMILES string of the molecule is [2H]C([2H])([2H])c1c[n+](C)c(-c2c(C)cc(C([2H])([2H])[2H])c3c2oc2nc(C)ccc23)cc1C.[2H]C([2H])([2H])c1c[n+](C)c(-c2c(C)ccc3c2oc2nc(C)ccc23)cc1C.[2H]C([2H])([2H])c1ccc(-c2c(C)cc(C([2H])([2H])[2H])c3c2oc2nc(C)ccc23)[n+](C)c1. The van der Waals surface area contributed by atoms with Gasteiger partial charge in [-0.25, -0.2) is 28.7 Å². The number of hydrogen-bond acceptors (Lipinski definition) is 6. The highest BCUT2D eigenvalue weighted by Gasteiger charge is 2.26. The maximum Gasteiger partial charge on any atom is 0.227 e. The Balaban J connectivity index is 0.000000146. The average molecular weight is 981 g/mol. The largest absolute Gasteiger partial charge is 0.437 e. The number of aromatic nitrogens is 6. The van der Waals surface area contributed by atoms with Crippen LogP contribution in [0.5, 0.6) is 0 Å². The number of pyridine rings is 6. The van der Waals surface area contributed by atoms with Crippen molar-refractivity contribution >= 4 is 66.2 Å². The van der Waals surface area contributed by atoms with Crippen LogP contribution in [0.15, 0.2) is 117 Å². The van der Waals surface area contributed by atoms with Crippen molar-refractivity contribution in [3.63, 3.8) is 0 Å². The van der Waals surface area contributed by atoms with Crippen molar-refractivity contribution in [3.05, 3.63) is 176 Å². The van der Waals surface area contributed by atoms with Crippen LogP contribution < -0.4 is 13.7 Å². The summed E-state index contributed by atoms with van der Waals surface area (Å²) in [5.74, 6) is 0. The molecular formula is C64H65N6O3+3. The molecule has 0 radical (unpaired) electrons. The van der Waals surface area contributed by atoms with E-state index in [1.54, 1.807) is 73.0 Å². The first kappa shape index (κ1) is 33.6. The fourth-order valence-corrected chi connectivity index (χ4v) is 9.84. The van der Waals surface area contributed by atoms with Gasteiger partial charge in [0.1, 0.15) is 21.1 Å². The van der Waals surface area contributed by atoms with Crippen LogP contribution in [-0.2, 0) is 21.1 Å². The summed E-state index contributed by atoms with van der Waals surface area (Å²) in [7, 11) is 5.41. The van der Waals surface area contributed by atoms with Gasteiger partial charge in [-0.1, -0.05) is 24.3 Å². The summed E-state index contributed by atoms with van der Waals surface area (Å²) in [5, 5.41) is 4.31. The quantitative estimate of drug-likeness (QED) is 0.164. The van der Waals surface area contributed by atoms with Crippen LogP contribution in [0.25, 0.3) is 100.0 Å². The highest BCUT2D eigenvalue weighted by atomic mass is 16.3. The molecule has 0 aliphatic heterocycles. The predicted octanol–water partition coefficient (Wildman–Crippen LogP) is 14.4. The van der Waals surface area contributed by atoms with Gasteiger partial charge >= 0.3 is 0 Å². The molecule has 0 atom stereocenters. The molecule has 9 heterocycles. The van der Waals surface area contributed by atoms with Gasteiger partial charge in [-0.3, -0.25) is 0 Å². The number of rotatable bonds is 3. The smallest absolute Gasteiger partial charge is 0.227 e. The van der Waals surface area contributed by atoms with E-state index in [2.05, 4.69) is 27.1 Å². The highest BCUT2D eigenvalue weighted by Crippen LogP contribution is 2.41. The van der Waals surface area contributed by atoms with Crippen LogP contribution in [0.2, 0.25) is 0 Å². The van der Waals surface area contributed by atoms with Crippen LogP contribution in [0, 0.1) is 89.6 Å². The Morgan fingerprint density at radius 2 is 0.781 bits per heavy atom. The summed E-state index contributed by atoms with van der Waals surface area (Å²) in [6, 6.07) is 25.8. The first-order valence-electron chi connectivity index (χ1n) is 31.3. The van der Waals surface area contributed by atoms with E-state index in [4.69, 9.17) is 33.8 Å². The second kappa shape index (κ2) is 18.5. The zero-order valence-corrected chi connectivity index (χ0v) is 42.7. The Hall–Kier alpha value is -8.04. The van der Waals surface area contributed by atoms with Gasteiger partial charge in [-0.05, 0) is 171 Å². The zero-order valence-electron chi connectivity index (χ0n) is 57.7. The predicted molar refractivity (Wildman–Crippen MR) is 296 cm³/mol. The molecule has 0 fully saturated rings. The van der Waals surface area contributed by atoms with Gasteiger partial charge in [-0.15, -0.1) is 0 Å².